The third kappa shape index (κ3) is 2.04. The molecule has 2 rings (SSSR count). The van der Waals surface area contributed by atoms with E-state index < -0.39 is 11.9 Å². The highest BCUT2D eigenvalue weighted by atomic mass is 35.5. The maximum absolute atomic E-state index is 12.6. The number of nitrogens with zero attached hydrogens (tertiary/aromatic N) is 2. The van der Waals surface area contributed by atoms with E-state index in [0.29, 0.717) is 10.7 Å². The lowest BCUT2D eigenvalue weighted by molar-refractivity contribution is -0.142. The number of aromatic nitrogens is 2. The van der Waals surface area contributed by atoms with Crippen LogP contribution < -0.4 is 0 Å². The number of imidazole rings is 1. The normalized spacial score (nSPS) is 11.8. The van der Waals surface area contributed by atoms with Gasteiger partial charge in [-0.15, -0.1) is 0 Å². The predicted molar refractivity (Wildman–Crippen MR) is 53.6 cm³/mol. The molecule has 0 unspecified atom stereocenters. The van der Waals surface area contributed by atoms with Gasteiger partial charge in [-0.05, 0) is 24.3 Å². The second-order valence-electron chi connectivity index (χ2n) is 3.12. The van der Waals surface area contributed by atoms with Crippen molar-refractivity contribution in [1.29, 1.82) is 0 Å². The molecule has 0 aliphatic heterocycles. The first-order valence-electron chi connectivity index (χ1n) is 4.34. The van der Waals surface area contributed by atoms with Crippen LogP contribution in [0.15, 0.2) is 36.8 Å². The van der Waals surface area contributed by atoms with E-state index in [4.69, 9.17) is 11.6 Å². The Bertz CT molecular complexity index is 488. The maximum atomic E-state index is 12.6. The van der Waals surface area contributed by atoms with Crippen LogP contribution in [0.25, 0.3) is 5.69 Å². The standard InChI is InChI=1S/C10H6ClF3N2/c11-7-1-3-8(4-2-7)16-6-15-5-9(16)10(12,13)14/h1-6H. The summed E-state index contributed by atoms with van der Waals surface area (Å²) in [6.07, 6.45) is -2.52. The van der Waals surface area contributed by atoms with E-state index in [1.807, 2.05) is 0 Å². The van der Waals surface area contributed by atoms with Crippen molar-refractivity contribution in [3.8, 4) is 5.69 Å². The first-order valence-corrected chi connectivity index (χ1v) is 4.72. The van der Waals surface area contributed by atoms with Crippen molar-refractivity contribution in [2.75, 3.05) is 0 Å². The van der Waals surface area contributed by atoms with Gasteiger partial charge in [0.25, 0.3) is 0 Å². The van der Waals surface area contributed by atoms with Crippen LogP contribution in [-0.2, 0) is 6.18 Å². The SMILES string of the molecule is FC(F)(F)c1cncn1-c1ccc(Cl)cc1. The maximum Gasteiger partial charge on any atom is 0.433 e. The molecule has 0 aliphatic rings. The molecule has 0 atom stereocenters. The smallest absolute Gasteiger partial charge is 0.295 e. The largest absolute Gasteiger partial charge is 0.433 e. The van der Waals surface area contributed by atoms with Crippen LogP contribution in [0.2, 0.25) is 5.02 Å². The molecular formula is C10H6ClF3N2. The quantitative estimate of drug-likeness (QED) is 0.752. The molecule has 0 N–H and O–H groups in total. The molecule has 16 heavy (non-hydrogen) atoms. The molecule has 1 heterocycles. The number of rotatable bonds is 1. The van der Waals surface area contributed by atoms with Gasteiger partial charge in [0.2, 0.25) is 0 Å². The summed E-state index contributed by atoms with van der Waals surface area (Å²) in [4.78, 5) is 3.50. The van der Waals surface area contributed by atoms with Crippen LogP contribution in [0.4, 0.5) is 13.2 Å². The molecule has 0 bridgehead atoms. The minimum absolute atomic E-state index is 0.370. The van der Waals surface area contributed by atoms with Gasteiger partial charge in [-0.25, -0.2) is 4.98 Å². The molecule has 0 saturated heterocycles. The zero-order valence-corrected chi connectivity index (χ0v) is 8.63. The van der Waals surface area contributed by atoms with E-state index in [9.17, 15) is 13.2 Å². The van der Waals surface area contributed by atoms with Crippen LogP contribution in [-0.4, -0.2) is 9.55 Å². The minimum Gasteiger partial charge on any atom is -0.295 e. The summed E-state index contributed by atoms with van der Waals surface area (Å²) in [7, 11) is 0. The molecule has 0 radical (unpaired) electrons. The molecule has 0 spiro atoms. The molecule has 0 fully saturated rings. The first-order chi connectivity index (χ1) is 7.48. The van der Waals surface area contributed by atoms with E-state index in [2.05, 4.69) is 4.98 Å². The fourth-order valence-corrected chi connectivity index (χ4v) is 1.44. The predicted octanol–water partition coefficient (Wildman–Crippen LogP) is 3.54. The van der Waals surface area contributed by atoms with Crippen LogP contribution in [0.1, 0.15) is 5.69 Å². The average Bonchev–Trinajstić information content (AvgIpc) is 2.66. The minimum atomic E-state index is -4.42. The molecule has 1 aromatic carbocycles. The van der Waals surface area contributed by atoms with Gasteiger partial charge >= 0.3 is 6.18 Å². The Balaban J connectivity index is 2.49. The fourth-order valence-electron chi connectivity index (χ4n) is 1.31. The molecule has 1 aromatic heterocycles. The summed E-state index contributed by atoms with van der Waals surface area (Å²) in [6.45, 7) is 0. The highest BCUT2D eigenvalue weighted by Gasteiger charge is 2.34. The molecular weight excluding hydrogens is 241 g/mol. The van der Waals surface area contributed by atoms with Gasteiger partial charge in [0.1, 0.15) is 5.69 Å². The van der Waals surface area contributed by atoms with Crippen LogP contribution in [0, 0.1) is 0 Å². The van der Waals surface area contributed by atoms with E-state index >= 15 is 0 Å². The number of alkyl halides is 3. The number of hydrogen-bond acceptors (Lipinski definition) is 1. The molecule has 2 nitrogen and oxygen atoms in total. The lowest BCUT2D eigenvalue weighted by atomic mass is 10.3. The van der Waals surface area contributed by atoms with Gasteiger partial charge in [-0.2, -0.15) is 13.2 Å². The molecule has 2 aromatic rings. The van der Waals surface area contributed by atoms with Crippen molar-refractivity contribution >= 4 is 11.6 Å². The summed E-state index contributed by atoms with van der Waals surface area (Å²) in [5, 5.41) is 0.470. The highest BCUT2D eigenvalue weighted by Crippen LogP contribution is 2.30. The number of hydrogen-bond donors (Lipinski definition) is 0. The van der Waals surface area contributed by atoms with E-state index in [1.165, 1.54) is 24.3 Å². The molecule has 0 saturated carbocycles. The zero-order valence-electron chi connectivity index (χ0n) is 7.87. The number of halogens is 4. The topological polar surface area (TPSA) is 17.8 Å². The van der Waals surface area contributed by atoms with Crippen LogP contribution >= 0.6 is 11.6 Å². The van der Waals surface area contributed by atoms with Crippen molar-refractivity contribution in [3.63, 3.8) is 0 Å². The third-order valence-corrected chi connectivity index (χ3v) is 2.29. The summed E-state index contributed by atoms with van der Waals surface area (Å²) in [6, 6.07) is 6.05. The van der Waals surface area contributed by atoms with Gasteiger partial charge in [0.05, 0.1) is 12.5 Å². The molecule has 0 amide bonds. The summed E-state index contributed by atoms with van der Waals surface area (Å²) in [5.41, 5.74) is -0.441. The highest BCUT2D eigenvalue weighted by molar-refractivity contribution is 6.30. The van der Waals surface area contributed by atoms with Gasteiger partial charge in [0, 0.05) is 10.7 Å². The second-order valence-corrected chi connectivity index (χ2v) is 3.56. The van der Waals surface area contributed by atoms with E-state index in [1.54, 1.807) is 0 Å². The van der Waals surface area contributed by atoms with Crippen molar-refractivity contribution in [2.45, 2.75) is 6.18 Å². The Kier molecular flexibility index (Phi) is 2.63. The summed E-state index contributed by atoms with van der Waals surface area (Å²) >= 11 is 5.66. The Morgan fingerprint density at radius 1 is 1.12 bits per heavy atom. The monoisotopic (exact) mass is 246 g/mol. The van der Waals surface area contributed by atoms with Gasteiger partial charge in [-0.1, -0.05) is 11.6 Å². The first kappa shape index (κ1) is 11.0. The Labute approximate surface area is 94.3 Å². The second kappa shape index (κ2) is 3.83. The summed E-state index contributed by atoms with van der Waals surface area (Å²) in [5.74, 6) is 0. The van der Waals surface area contributed by atoms with E-state index in [0.717, 1.165) is 17.1 Å². The Hall–Kier alpha value is -1.49. The van der Waals surface area contributed by atoms with E-state index in [-0.39, 0.29) is 0 Å². The Morgan fingerprint density at radius 3 is 2.31 bits per heavy atom. The van der Waals surface area contributed by atoms with Crippen molar-refractivity contribution in [1.82, 2.24) is 9.55 Å². The third-order valence-electron chi connectivity index (χ3n) is 2.03. The van der Waals surface area contributed by atoms with Gasteiger partial charge < -0.3 is 0 Å². The molecule has 84 valence electrons. The van der Waals surface area contributed by atoms with Crippen molar-refractivity contribution in [2.24, 2.45) is 0 Å². The van der Waals surface area contributed by atoms with Crippen LogP contribution in [0.3, 0.4) is 0 Å². The average molecular weight is 247 g/mol. The Morgan fingerprint density at radius 2 is 1.75 bits per heavy atom. The molecule has 0 aliphatic carbocycles. The van der Waals surface area contributed by atoms with Crippen molar-refractivity contribution < 1.29 is 13.2 Å². The number of benzene rings is 1. The van der Waals surface area contributed by atoms with Gasteiger partial charge in [-0.3, -0.25) is 4.57 Å². The lowest BCUT2D eigenvalue weighted by Gasteiger charge is -2.10. The van der Waals surface area contributed by atoms with Crippen LogP contribution in [0.5, 0.6) is 0 Å². The fraction of sp³-hybridized carbons (Fsp3) is 0.100. The zero-order chi connectivity index (χ0) is 11.8. The lowest BCUT2D eigenvalue weighted by Crippen LogP contribution is -2.11. The molecule has 6 heteroatoms. The van der Waals surface area contributed by atoms with Gasteiger partial charge in [0.15, 0.2) is 0 Å². The summed E-state index contributed by atoms with van der Waals surface area (Å²) < 4.78 is 38.6. The van der Waals surface area contributed by atoms with Crippen molar-refractivity contribution in [3.05, 3.63) is 47.5 Å².